The summed E-state index contributed by atoms with van der Waals surface area (Å²) in [5.74, 6) is 1.40. The van der Waals surface area contributed by atoms with Crippen molar-refractivity contribution < 1.29 is 9.21 Å². The first-order valence-electron chi connectivity index (χ1n) is 10.2. The molecule has 0 bridgehead atoms. The van der Waals surface area contributed by atoms with Gasteiger partial charge in [-0.3, -0.25) is 9.78 Å². The fraction of sp³-hybridized carbons (Fsp3) is 0.174. The molecule has 0 aliphatic carbocycles. The maximum atomic E-state index is 13.2. The van der Waals surface area contributed by atoms with E-state index in [-0.39, 0.29) is 17.7 Å². The van der Waals surface area contributed by atoms with Crippen LogP contribution in [-0.4, -0.2) is 42.1 Å². The number of nitrogens with zero attached hydrogens (tertiary/aromatic N) is 6. The number of hydrogen-bond donors (Lipinski definition) is 0. The summed E-state index contributed by atoms with van der Waals surface area (Å²) < 4.78 is 7.46. The summed E-state index contributed by atoms with van der Waals surface area (Å²) in [7, 11) is 1.87. The zero-order valence-corrected chi connectivity index (χ0v) is 19.2. The lowest BCUT2D eigenvalue weighted by Gasteiger charge is -2.19. The van der Waals surface area contributed by atoms with Gasteiger partial charge in [-0.15, -0.1) is 10.2 Å². The minimum atomic E-state index is -0.302. The number of furan rings is 1. The molecule has 1 amide bonds. The molecule has 0 N–H and O–H groups in total. The first kappa shape index (κ1) is 21.4. The number of thioether (sulfide) groups is 1. The Bertz CT molecular complexity index is 1290. The molecule has 0 radical (unpaired) electrons. The molecule has 0 fully saturated rings. The Morgan fingerprint density at radius 1 is 1.15 bits per heavy atom. The summed E-state index contributed by atoms with van der Waals surface area (Å²) in [5, 5.41) is 15.9. The first-order chi connectivity index (χ1) is 16.1. The quantitative estimate of drug-likeness (QED) is 0.376. The Labute approximate surface area is 199 Å². The van der Waals surface area contributed by atoms with Crippen molar-refractivity contribution in [2.24, 2.45) is 12.1 Å². The molecular weight excluding hydrogens is 460 g/mol. The summed E-state index contributed by atoms with van der Waals surface area (Å²) in [6, 6.07) is 14.6. The Balaban J connectivity index is 1.35. The van der Waals surface area contributed by atoms with Gasteiger partial charge in [-0.05, 0) is 42.0 Å². The number of rotatable bonds is 6. The highest BCUT2D eigenvalue weighted by Crippen LogP contribution is 2.34. The second kappa shape index (κ2) is 9.21. The molecule has 33 heavy (non-hydrogen) atoms. The number of halogens is 1. The van der Waals surface area contributed by atoms with E-state index >= 15 is 0 Å². The molecular formula is C23H19ClN6O2S. The Morgan fingerprint density at radius 2 is 2.00 bits per heavy atom. The van der Waals surface area contributed by atoms with Gasteiger partial charge in [0.1, 0.15) is 11.8 Å². The number of amides is 1. The van der Waals surface area contributed by atoms with E-state index < -0.39 is 0 Å². The number of aromatic nitrogens is 4. The Kier molecular flexibility index (Phi) is 5.97. The highest BCUT2D eigenvalue weighted by Gasteiger charge is 2.35. The van der Waals surface area contributed by atoms with E-state index in [9.17, 15) is 4.79 Å². The summed E-state index contributed by atoms with van der Waals surface area (Å²) in [4.78, 5) is 17.3. The molecule has 166 valence electrons. The zero-order chi connectivity index (χ0) is 22.8. The molecule has 1 aromatic carbocycles. The zero-order valence-electron chi connectivity index (χ0n) is 17.6. The molecule has 5 rings (SSSR count). The van der Waals surface area contributed by atoms with Crippen LogP contribution in [0, 0.1) is 0 Å². The number of benzene rings is 1. The van der Waals surface area contributed by atoms with Gasteiger partial charge < -0.3 is 8.98 Å². The smallest absolute Gasteiger partial charge is 0.253 e. The standard InChI is InChI=1S/C23H19ClN6O2S/c1-29-22(16-4-2-10-25-13-16)26-27-23(29)33-14-21(31)30-19(20-5-3-11-32-20)12-18(28-30)15-6-8-17(24)9-7-15/h2-11,13,19H,12,14H2,1H3/t19-/m0/s1. The molecule has 10 heteroatoms. The Morgan fingerprint density at radius 3 is 2.73 bits per heavy atom. The van der Waals surface area contributed by atoms with E-state index in [1.54, 1.807) is 18.7 Å². The van der Waals surface area contributed by atoms with Crippen molar-refractivity contribution in [1.82, 2.24) is 24.8 Å². The summed E-state index contributed by atoms with van der Waals surface area (Å²) >= 11 is 7.34. The van der Waals surface area contributed by atoms with Crippen LogP contribution in [0.5, 0.6) is 0 Å². The second-order valence-electron chi connectivity index (χ2n) is 7.42. The molecule has 1 atom stereocenters. The molecule has 0 unspecified atom stereocenters. The van der Waals surface area contributed by atoms with Crippen LogP contribution in [0.3, 0.4) is 0 Å². The van der Waals surface area contributed by atoms with Crippen LogP contribution in [0.2, 0.25) is 5.02 Å². The summed E-state index contributed by atoms with van der Waals surface area (Å²) in [6.07, 6.45) is 5.60. The molecule has 8 nitrogen and oxygen atoms in total. The van der Waals surface area contributed by atoms with Gasteiger partial charge in [0.2, 0.25) is 0 Å². The summed E-state index contributed by atoms with van der Waals surface area (Å²) in [6.45, 7) is 0. The van der Waals surface area contributed by atoms with Crippen LogP contribution >= 0.6 is 23.4 Å². The highest BCUT2D eigenvalue weighted by atomic mass is 35.5. The fourth-order valence-corrected chi connectivity index (χ4v) is 4.53. The fourth-order valence-electron chi connectivity index (χ4n) is 3.64. The maximum absolute atomic E-state index is 13.2. The van der Waals surface area contributed by atoms with Crippen LogP contribution in [0.4, 0.5) is 0 Å². The van der Waals surface area contributed by atoms with Gasteiger partial charge in [-0.2, -0.15) is 5.10 Å². The lowest BCUT2D eigenvalue weighted by atomic mass is 10.0. The Hall–Kier alpha value is -3.43. The van der Waals surface area contributed by atoms with Gasteiger partial charge in [-0.25, -0.2) is 5.01 Å². The van der Waals surface area contributed by atoms with E-state index in [0.29, 0.717) is 28.2 Å². The highest BCUT2D eigenvalue weighted by molar-refractivity contribution is 7.99. The van der Waals surface area contributed by atoms with Gasteiger partial charge in [0, 0.05) is 36.4 Å². The van der Waals surface area contributed by atoms with Crippen LogP contribution in [0.15, 0.2) is 81.9 Å². The third-order valence-electron chi connectivity index (χ3n) is 5.29. The number of hydrazone groups is 1. The number of hydrogen-bond acceptors (Lipinski definition) is 7. The van der Waals surface area contributed by atoms with E-state index in [1.807, 2.05) is 60.1 Å². The van der Waals surface area contributed by atoms with E-state index in [2.05, 4.69) is 20.3 Å². The minimum absolute atomic E-state index is 0.142. The molecule has 3 aromatic heterocycles. The van der Waals surface area contributed by atoms with Crippen LogP contribution in [0.25, 0.3) is 11.4 Å². The minimum Gasteiger partial charge on any atom is -0.467 e. The molecule has 0 saturated heterocycles. The number of carbonyl (C=O) groups is 1. The monoisotopic (exact) mass is 478 g/mol. The van der Waals surface area contributed by atoms with E-state index in [4.69, 9.17) is 16.0 Å². The maximum Gasteiger partial charge on any atom is 0.253 e. The molecule has 1 aliphatic rings. The molecule has 0 spiro atoms. The van der Waals surface area contributed by atoms with Gasteiger partial charge >= 0.3 is 0 Å². The van der Waals surface area contributed by atoms with Gasteiger partial charge in [-0.1, -0.05) is 35.5 Å². The topological polar surface area (TPSA) is 89.4 Å². The molecule has 4 aromatic rings. The summed E-state index contributed by atoms with van der Waals surface area (Å²) in [5.41, 5.74) is 2.59. The first-order valence-corrected chi connectivity index (χ1v) is 11.6. The average Bonchev–Trinajstić information content (AvgIpc) is 3.59. The third-order valence-corrected chi connectivity index (χ3v) is 6.55. The van der Waals surface area contributed by atoms with Crippen molar-refractivity contribution in [2.45, 2.75) is 17.6 Å². The van der Waals surface area contributed by atoms with Crippen molar-refractivity contribution in [3.05, 3.63) is 83.5 Å². The largest absolute Gasteiger partial charge is 0.467 e. The molecule has 1 aliphatic heterocycles. The van der Waals surface area contributed by atoms with E-state index in [0.717, 1.165) is 16.8 Å². The van der Waals surface area contributed by atoms with Crippen molar-refractivity contribution in [3.63, 3.8) is 0 Å². The predicted molar refractivity (Wildman–Crippen MR) is 126 cm³/mol. The van der Waals surface area contributed by atoms with Crippen LogP contribution < -0.4 is 0 Å². The van der Waals surface area contributed by atoms with Crippen molar-refractivity contribution in [3.8, 4) is 11.4 Å². The van der Waals surface area contributed by atoms with Crippen molar-refractivity contribution >= 4 is 35.0 Å². The average molecular weight is 479 g/mol. The van der Waals surface area contributed by atoms with Gasteiger partial charge in [0.05, 0.1) is 17.7 Å². The van der Waals surface area contributed by atoms with Gasteiger partial charge in [0.25, 0.3) is 5.91 Å². The SMILES string of the molecule is Cn1c(SCC(=O)N2N=C(c3ccc(Cl)cc3)C[C@H]2c2ccco2)nnc1-c1cccnc1. The third kappa shape index (κ3) is 4.42. The lowest BCUT2D eigenvalue weighted by Crippen LogP contribution is -2.28. The van der Waals surface area contributed by atoms with Crippen LogP contribution in [-0.2, 0) is 11.8 Å². The second-order valence-corrected chi connectivity index (χ2v) is 8.80. The van der Waals surface area contributed by atoms with Crippen LogP contribution in [0.1, 0.15) is 23.8 Å². The lowest BCUT2D eigenvalue weighted by molar-refractivity contribution is -0.130. The van der Waals surface area contributed by atoms with Gasteiger partial charge in [0.15, 0.2) is 11.0 Å². The molecule has 0 saturated carbocycles. The van der Waals surface area contributed by atoms with Crippen molar-refractivity contribution in [2.75, 3.05) is 5.75 Å². The number of carbonyl (C=O) groups excluding carboxylic acids is 1. The van der Waals surface area contributed by atoms with E-state index in [1.165, 1.54) is 16.8 Å². The normalized spacial score (nSPS) is 15.6. The predicted octanol–water partition coefficient (Wildman–Crippen LogP) is 4.59. The molecule has 4 heterocycles. The number of pyridine rings is 1. The van der Waals surface area contributed by atoms with Crippen molar-refractivity contribution in [1.29, 1.82) is 0 Å².